The second kappa shape index (κ2) is 12.0. The van der Waals surface area contributed by atoms with Crippen molar-refractivity contribution in [2.24, 2.45) is 5.73 Å². The summed E-state index contributed by atoms with van der Waals surface area (Å²) in [5.74, 6) is -2.49. The molecule has 2 N–H and O–H groups in total. The van der Waals surface area contributed by atoms with Gasteiger partial charge >= 0.3 is 0 Å². The van der Waals surface area contributed by atoms with Crippen LogP contribution in [0.5, 0.6) is 5.75 Å². The van der Waals surface area contributed by atoms with Gasteiger partial charge in [0.2, 0.25) is 0 Å². The second-order valence-electron chi connectivity index (χ2n) is 7.60. The smallest absolute Gasteiger partial charge is 0.161 e. The highest BCUT2D eigenvalue weighted by Crippen LogP contribution is 2.34. The van der Waals surface area contributed by atoms with E-state index in [4.69, 9.17) is 4.74 Å². The zero-order valence-electron chi connectivity index (χ0n) is 19.5. The molecule has 0 spiro atoms. The van der Waals surface area contributed by atoms with Crippen LogP contribution in [0.1, 0.15) is 24.5 Å². The third-order valence-electron chi connectivity index (χ3n) is 5.49. The van der Waals surface area contributed by atoms with Gasteiger partial charge in [-0.05, 0) is 72.0 Å². The monoisotopic (exact) mass is 483 g/mol. The van der Waals surface area contributed by atoms with E-state index in [1.165, 1.54) is 11.9 Å². The van der Waals surface area contributed by atoms with Crippen molar-refractivity contribution in [1.82, 2.24) is 0 Å². The molecule has 0 aliphatic rings. The molecule has 0 atom stereocenters. The number of hydrogen-bond acceptors (Lipinski definition) is 3. The van der Waals surface area contributed by atoms with Gasteiger partial charge in [-0.25, -0.2) is 13.2 Å². The van der Waals surface area contributed by atoms with Gasteiger partial charge in [0, 0.05) is 22.1 Å². The Balaban J connectivity index is 0.00000158. The van der Waals surface area contributed by atoms with Gasteiger partial charge in [0.1, 0.15) is 18.2 Å². The molecule has 0 aliphatic heterocycles. The van der Waals surface area contributed by atoms with E-state index >= 15 is 0 Å². The summed E-state index contributed by atoms with van der Waals surface area (Å²) >= 11 is 1.70. The Labute approximate surface area is 202 Å². The number of rotatable bonds is 7. The van der Waals surface area contributed by atoms with Crippen LogP contribution in [0.25, 0.3) is 21.9 Å². The summed E-state index contributed by atoms with van der Waals surface area (Å²) in [4.78, 5) is 1.21. The first-order valence-electron chi connectivity index (χ1n) is 11.0. The number of hydrogen-bond donors (Lipinski definition) is 1. The first-order valence-corrected chi connectivity index (χ1v) is 12.3. The molecule has 0 radical (unpaired) electrons. The summed E-state index contributed by atoms with van der Waals surface area (Å²) in [6.07, 6.45) is 3.74. The fourth-order valence-corrected chi connectivity index (χ4v) is 4.21. The molecule has 0 bridgehead atoms. The quantitative estimate of drug-likeness (QED) is 0.216. The number of nitrogens with two attached hydrogens (primary N) is 1. The minimum atomic E-state index is -1.21. The van der Waals surface area contributed by atoms with Crippen molar-refractivity contribution in [3.63, 3.8) is 0 Å². The number of ether oxygens (including phenoxy) is 1. The fraction of sp³-hybridized carbons (Fsp3) is 0.214. The van der Waals surface area contributed by atoms with E-state index in [1.807, 2.05) is 12.1 Å². The topological polar surface area (TPSA) is 35.2 Å². The molecular formula is C28H28F3NOS. The second-order valence-corrected chi connectivity index (χ2v) is 8.48. The Bertz CT molecular complexity index is 1260. The minimum Gasteiger partial charge on any atom is -0.488 e. The lowest BCUT2D eigenvalue weighted by molar-refractivity contribution is 0.295. The number of benzene rings is 4. The van der Waals surface area contributed by atoms with Crippen molar-refractivity contribution in [1.29, 1.82) is 0 Å². The van der Waals surface area contributed by atoms with Gasteiger partial charge in [0.25, 0.3) is 0 Å². The average Bonchev–Trinajstić information content (AvgIpc) is 2.87. The van der Waals surface area contributed by atoms with E-state index in [-0.39, 0.29) is 12.2 Å². The molecule has 2 nitrogen and oxygen atoms in total. The normalized spacial score (nSPS) is 10.7. The lowest BCUT2D eigenvalue weighted by Gasteiger charge is -2.15. The predicted molar refractivity (Wildman–Crippen MR) is 136 cm³/mol. The maximum Gasteiger partial charge on any atom is 0.161 e. The Morgan fingerprint density at radius 3 is 2.12 bits per heavy atom. The van der Waals surface area contributed by atoms with Crippen molar-refractivity contribution in [2.45, 2.75) is 31.3 Å². The molecule has 4 aromatic rings. The molecule has 0 unspecified atom stereocenters. The molecular weight excluding hydrogens is 455 g/mol. The van der Waals surface area contributed by atoms with Crippen molar-refractivity contribution in [3.05, 3.63) is 95.3 Å². The molecule has 178 valence electrons. The van der Waals surface area contributed by atoms with Gasteiger partial charge in [-0.15, -0.1) is 11.8 Å². The molecule has 0 saturated heterocycles. The first kappa shape index (κ1) is 25.7. The van der Waals surface area contributed by atoms with Gasteiger partial charge in [0.05, 0.1) is 0 Å². The maximum atomic E-state index is 14.0. The third kappa shape index (κ3) is 5.75. The van der Waals surface area contributed by atoms with Crippen molar-refractivity contribution in [2.75, 3.05) is 13.3 Å². The largest absolute Gasteiger partial charge is 0.488 e. The lowest BCUT2D eigenvalue weighted by atomic mass is 9.95. The van der Waals surface area contributed by atoms with Crippen LogP contribution < -0.4 is 10.5 Å². The molecule has 4 rings (SSSR count). The van der Waals surface area contributed by atoms with Gasteiger partial charge in [0.15, 0.2) is 11.6 Å². The van der Waals surface area contributed by atoms with Gasteiger partial charge in [-0.1, -0.05) is 43.7 Å². The maximum absolute atomic E-state index is 14.0. The van der Waals surface area contributed by atoms with Crippen LogP contribution in [-0.4, -0.2) is 13.3 Å². The van der Waals surface area contributed by atoms with Crippen LogP contribution in [-0.2, 0) is 13.0 Å². The Kier molecular flexibility index (Phi) is 9.02. The highest BCUT2D eigenvalue weighted by atomic mass is 32.2. The highest BCUT2D eigenvalue weighted by molar-refractivity contribution is 7.98. The lowest BCUT2D eigenvalue weighted by Crippen LogP contribution is -2.03. The summed E-state index contributed by atoms with van der Waals surface area (Å²) in [5, 5.41) is 2.16. The van der Waals surface area contributed by atoms with E-state index < -0.39 is 17.5 Å². The number of aryl methyl sites for hydroxylation is 1. The summed E-state index contributed by atoms with van der Waals surface area (Å²) in [7, 11) is 1.50. The number of thioether (sulfide) groups is 1. The van der Waals surface area contributed by atoms with E-state index in [9.17, 15) is 13.2 Å². The Hall–Kier alpha value is -2.96. The number of halogens is 3. The van der Waals surface area contributed by atoms with Gasteiger partial charge in [-0.3, -0.25) is 0 Å². The fourth-order valence-electron chi connectivity index (χ4n) is 3.80. The van der Waals surface area contributed by atoms with Crippen LogP contribution in [0.3, 0.4) is 0 Å². The SMILES string of the molecule is CCCc1c(OCc2cc(F)c(F)cc2F)ccc2ccc(-c3ccc(SC)cc3)cc12.CN. The standard InChI is InChI=1S/C27H23F3OS.CH5N/c1-3-4-22-23-13-19(17-7-10-21(32-2)11-8-17)6-5-18(23)9-12-27(22)31-16-20-14-25(29)26(30)15-24(20)28;1-2/h5-15H,3-4,16H2,1-2H3;2H2,1H3. The molecule has 6 heteroatoms. The van der Waals surface area contributed by atoms with Gasteiger partial charge in [-0.2, -0.15) is 0 Å². The summed E-state index contributed by atoms with van der Waals surface area (Å²) < 4.78 is 46.7. The van der Waals surface area contributed by atoms with Crippen LogP contribution in [0.2, 0.25) is 0 Å². The zero-order valence-corrected chi connectivity index (χ0v) is 20.3. The molecule has 0 fully saturated rings. The van der Waals surface area contributed by atoms with E-state index in [1.54, 1.807) is 11.8 Å². The molecule has 0 aliphatic carbocycles. The zero-order chi connectivity index (χ0) is 24.7. The van der Waals surface area contributed by atoms with Crippen molar-refractivity contribution < 1.29 is 17.9 Å². The third-order valence-corrected chi connectivity index (χ3v) is 6.23. The summed E-state index contributed by atoms with van der Waals surface area (Å²) in [5.41, 5.74) is 7.73. The molecule has 0 aromatic heterocycles. The van der Waals surface area contributed by atoms with E-state index in [2.05, 4.69) is 61.4 Å². The van der Waals surface area contributed by atoms with E-state index in [0.717, 1.165) is 46.4 Å². The van der Waals surface area contributed by atoms with Crippen molar-refractivity contribution in [3.8, 4) is 16.9 Å². The average molecular weight is 484 g/mol. The highest BCUT2D eigenvalue weighted by Gasteiger charge is 2.14. The predicted octanol–water partition coefficient (Wildman–Crippen LogP) is 7.75. The minimum absolute atomic E-state index is 0.0194. The van der Waals surface area contributed by atoms with E-state index in [0.29, 0.717) is 11.8 Å². The first-order chi connectivity index (χ1) is 16.5. The van der Waals surface area contributed by atoms with Crippen LogP contribution >= 0.6 is 11.8 Å². The van der Waals surface area contributed by atoms with Crippen LogP contribution in [0, 0.1) is 17.5 Å². The van der Waals surface area contributed by atoms with Crippen LogP contribution in [0.4, 0.5) is 13.2 Å². The van der Waals surface area contributed by atoms with Gasteiger partial charge < -0.3 is 10.5 Å². The Morgan fingerprint density at radius 1 is 0.794 bits per heavy atom. The Morgan fingerprint density at radius 2 is 1.44 bits per heavy atom. The van der Waals surface area contributed by atoms with Crippen LogP contribution in [0.15, 0.2) is 71.6 Å². The summed E-state index contributed by atoms with van der Waals surface area (Å²) in [6.45, 7) is 1.91. The molecule has 34 heavy (non-hydrogen) atoms. The molecule has 4 aromatic carbocycles. The molecule has 0 heterocycles. The summed E-state index contributed by atoms with van der Waals surface area (Å²) in [6, 6.07) is 20.0. The molecule has 0 saturated carbocycles. The number of fused-ring (bicyclic) bond motifs is 1. The molecule has 0 amide bonds. The van der Waals surface area contributed by atoms with Crippen molar-refractivity contribution >= 4 is 22.5 Å².